The van der Waals surface area contributed by atoms with Gasteiger partial charge in [0.15, 0.2) is 0 Å². The lowest BCUT2D eigenvalue weighted by Crippen LogP contribution is -2.66. The number of hydrogen-bond donors (Lipinski definition) is 3. The number of nitrogens with zero attached hydrogens (tertiary/aromatic N) is 1. The Kier molecular flexibility index (Phi) is 3.19. The van der Waals surface area contributed by atoms with Crippen LogP contribution in [0, 0.1) is 5.92 Å². The fourth-order valence-electron chi connectivity index (χ4n) is 5.95. The van der Waals surface area contributed by atoms with Crippen LogP contribution in [0.2, 0.25) is 0 Å². The van der Waals surface area contributed by atoms with Crippen molar-refractivity contribution in [1.82, 2.24) is 4.90 Å². The van der Waals surface area contributed by atoms with E-state index >= 15 is 0 Å². The number of ether oxygens (including phenoxy) is 1. The highest BCUT2D eigenvalue weighted by atomic mass is 16.5. The van der Waals surface area contributed by atoms with Crippen molar-refractivity contribution in [2.45, 2.75) is 42.9 Å². The third kappa shape index (κ3) is 1.70. The van der Waals surface area contributed by atoms with Crippen molar-refractivity contribution in [2.24, 2.45) is 5.92 Å². The third-order valence-corrected chi connectivity index (χ3v) is 7.18. The van der Waals surface area contributed by atoms with Crippen LogP contribution in [-0.4, -0.2) is 59.0 Å². The van der Waals surface area contributed by atoms with Gasteiger partial charge in [0.25, 0.3) is 0 Å². The molecule has 1 aromatic carbocycles. The van der Waals surface area contributed by atoms with Gasteiger partial charge in [-0.1, -0.05) is 18.2 Å². The zero-order valence-electron chi connectivity index (χ0n) is 15.0. The number of hydrogen-bond acceptors (Lipinski definition) is 6. The number of anilines is 1. The van der Waals surface area contributed by atoms with Gasteiger partial charge in [-0.3, -0.25) is 4.90 Å². The molecule has 2 fully saturated rings. The summed E-state index contributed by atoms with van der Waals surface area (Å²) in [5, 5.41) is 25.2. The average molecular weight is 356 g/mol. The average Bonchev–Trinajstić information content (AvgIpc) is 3.18. The van der Waals surface area contributed by atoms with Gasteiger partial charge in [0.1, 0.15) is 5.60 Å². The summed E-state index contributed by atoms with van der Waals surface area (Å²) >= 11 is 0. The van der Waals surface area contributed by atoms with Crippen LogP contribution in [-0.2, 0) is 14.9 Å². The van der Waals surface area contributed by atoms with Crippen LogP contribution in [0.25, 0.3) is 0 Å². The molecule has 138 valence electrons. The van der Waals surface area contributed by atoms with E-state index in [4.69, 9.17) is 4.74 Å². The van der Waals surface area contributed by atoms with Gasteiger partial charge < -0.3 is 20.3 Å². The van der Waals surface area contributed by atoms with Gasteiger partial charge >= 0.3 is 5.97 Å². The molecule has 4 aliphatic rings. The molecule has 6 heteroatoms. The van der Waals surface area contributed by atoms with Crippen molar-refractivity contribution in [1.29, 1.82) is 0 Å². The Bertz CT molecular complexity index is 835. The molecule has 1 spiro atoms. The Morgan fingerprint density at radius 1 is 1.42 bits per heavy atom. The summed E-state index contributed by atoms with van der Waals surface area (Å²) in [5.41, 5.74) is 2.01. The second kappa shape index (κ2) is 5.09. The van der Waals surface area contributed by atoms with Crippen LogP contribution in [0.15, 0.2) is 35.5 Å². The van der Waals surface area contributed by atoms with Gasteiger partial charge in [0.2, 0.25) is 0 Å². The largest absolute Gasteiger partial charge is 0.466 e. The van der Waals surface area contributed by atoms with Gasteiger partial charge in [-0.15, -0.1) is 0 Å². The summed E-state index contributed by atoms with van der Waals surface area (Å²) in [6, 6.07) is 8.43. The normalized spacial score (nSPS) is 38.5. The fraction of sp³-hybridized carbons (Fsp3) is 0.550. The minimum atomic E-state index is -1.36. The molecule has 1 aliphatic carbocycles. The van der Waals surface area contributed by atoms with Crippen molar-refractivity contribution >= 4 is 11.7 Å². The standard InChI is InChI=1S/C20H24N2O4/c1-11(23)20(25)10-22-8-7-19-12-5-3-4-6-14(12)21-17(19)16(18(24)26-2)13(20)9-15(19)22/h3-6,11,13,15,21,23,25H,7-10H2,1-2H3/t11-,13?,15-,19-,20+/m0/s1. The molecule has 0 amide bonds. The first-order valence-corrected chi connectivity index (χ1v) is 9.27. The van der Waals surface area contributed by atoms with E-state index in [1.807, 2.05) is 18.2 Å². The molecule has 6 nitrogen and oxygen atoms in total. The van der Waals surface area contributed by atoms with E-state index in [-0.39, 0.29) is 11.5 Å². The van der Waals surface area contributed by atoms with Gasteiger partial charge in [0, 0.05) is 29.9 Å². The van der Waals surface area contributed by atoms with E-state index in [0.29, 0.717) is 18.5 Å². The van der Waals surface area contributed by atoms with Crippen molar-refractivity contribution in [3.05, 3.63) is 41.1 Å². The molecule has 2 saturated heterocycles. The number of fused-ring (bicyclic) bond motifs is 2. The lowest BCUT2D eigenvalue weighted by atomic mass is 9.58. The Hall–Kier alpha value is -1.89. The Morgan fingerprint density at radius 3 is 2.92 bits per heavy atom. The van der Waals surface area contributed by atoms with Crippen LogP contribution < -0.4 is 5.32 Å². The van der Waals surface area contributed by atoms with Crippen LogP contribution in [0.4, 0.5) is 5.69 Å². The molecule has 3 aliphatic heterocycles. The molecule has 0 saturated carbocycles. The van der Waals surface area contributed by atoms with Gasteiger partial charge in [-0.2, -0.15) is 0 Å². The summed E-state index contributed by atoms with van der Waals surface area (Å²) in [4.78, 5) is 15.1. The van der Waals surface area contributed by atoms with E-state index in [0.717, 1.165) is 24.4 Å². The summed E-state index contributed by atoms with van der Waals surface area (Å²) in [5.74, 6) is -0.859. The highest BCUT2D eigenvalue weighted by molar-refractivity contribution is 5.94. The summed E-state index contributed by atoms with van der Waals surface area (Å²) in [7, 11) is 1.38. The molecule has 1 aromatic rings. The minimum absolute atomic E-state index is 0.214. The number of nitrogens with one attached hydrogen (secondary N) is 1. The molecular weight excluding hydrogens is 332 g/mol. The zero-order valence-corrected chi connectivity index (χ0v) is 15.0. The summed E-state index contributed by atoms with van der Waals surface area (Å²) in [6.45, 7) is 2.81. The van der Waals surface area contributed by atoms with Crippen LogP contribution in [0.5, 0.6) is 0 Å². The van der Waals surface area contributed by atoms with Crippen LogP contribution in [0.3, 0.4) is 0 Å². The number of carbonyl (C=O) groups excluding carboxylic acids is 1. The lowest BCUT2D eigenvalue weighted by molar-refractivity contribution is -0.157. The smallest absolute Gasteiger partial charge is 0.335 e. The molecule has 0 aromatic heterocycles. The Morgan fingerprint density at radius 2 is 2.19 bits per heavy atom. The molecule has 3 heterocycles. The van der Waals surface area contributed by atoms with Crippen LogP contribution in [0.1, 0.15) is 25.3 Å². The lowest BCUT2D eigenvalue weighted by Gasteiger charge is -2.54. The summed E-state index contributed by atoms with van der Waals surface area (Å²) < 4.78 is 5.12. The number of aliphatic hydroxyl groups is 2. The number of aliphatic hydroxyl groups excluding tert-OH is 1. The molecule has 5 rings (SSSR count). The molecule has 1 unspecified atom stereocenters. The minimum Gasteiger partial charge on any atom is -0.466 e. The molecule has 0 radical (unpaired) electrons. The number of piperidine rings is 1. The second-order valence-corrected chi connectivity index (χ2v) is 8.11. The van der Waals surface area contributed by atoms with E-state index < -0.39 is 23.6 Å². The van der Waals surface area contributed by atoms with E-state index in [1.54, 1.807) is 6.92 Å². The fourth-order valence-corrected chi connectivity index (χ4v) is 5.95. The van der Waals surface area contributed by atoms with Crippen LogP contribution >= 0.6 is 0 Å². The monoisotopic (exact) mass is 356 g/mol. The molecule has 3 N–H and O–H groups in total. The third-order valence-electron chi connectivity index (χ3n) is 7.18. The van der Waals surface area contributed by atoms with Gasteiger partial charge in [0.05, 0.1) is 24.2 Å². The number of para-hydroxylation sites is 1. The maximum atomic E-state index is 12.8. The summed E-state index contributed by atoms with van der Waals surface area (Å²) in [6.07, 6.45) is 0.594. The van der Waals surface area contributed by atoms with Crippen molar-refractivity contribution in [3.8, 4) is 0 Å². The van der Waals surface area contributed by atoms with Crippen molar-refractivity contribution in [3.63, 3.8) is 0 Å². The van der Waals surface area contributed by atoms with Gasteiger partial charge in [-0.25, -0.2) is 4.79 Å². The van der Waals surface area contributed by atoms with E-state index in [9.17, 15) is 15.0 Å². The van der Waals surface area contributed by atoms with Crippen molar-refractivity contribution < 1.29 is 19.7 Å². The first kappa shape index (κ1) is 16.3. The molecule has 2 bridgehead atoms. The predicted molar refractivity (Wildman–Crippen MR) is 95.5 cm³/mol. The SMILES string of the molecule is COC(=O)C1=C2Nc3ccccc3[C@]23CCN2C[C@@](O)([C@H](C)O)C1C[C@H]23. The number of esters is 1. The van der Waals surface area contributed by atoms with E-state index in [1.165, 1.54) is 12.7 Å². The number of rotatable bonds is 2. The number of benzene rings is 1. The highest BCUT2D eigenvalue weighted by Crippen LogP contribution is 2.62. The number of methoxy groups -OCH3 is 1. The Labute approximate surface area is 152 Å². The highest BCUT2D eigenvalue weighted by Gasteiger charge is 2.66. The number of carbonyl (C=O) groups is 1. The molecular formula is C20H24N2O4. The predicted octanol–water partition coefficient (Wildman–Crippen LogP) is 0.997. The molecule has 5 atom stereocenters. The van der Waals surface area contributed by atoms with E-state index in [2.05, 4.69) is 16.3 Å². The van der Waals surface area contributed by atoms with Gasteiger partial charge in [-0.05, 0) is 37.9 Å². The maximum Gasteiger partial charge on any atom is 0.335 e. The first-order valence-electron chi connectivity index (χ1n) is 9.27. The van der Waals surface area contributed by atoms with Crippen molar-refractivity contribution in [2.75, 3.05) is 25.5 Å². The zero-order chi connectivity index (χ0) is 18.3. The second-order valence-electron chi connectivity index (χ2n) is 8.11. The molecule has 26 heavy (non-hydrogen) atoms. The topological polar surface area (TPSA) is 82.0 Å². The Balaban J connectivity index is 1.80. The maximum absolute atomic E-state index is 12.8. The first-order chi connectivity index (χ1) is 12.4. The quantitative estimate of drug-likeness (QED) is 0.686.